The Hall–Kier alpha value is -3.32. The van der Waals surface area contributed by atoms with Crippen molar-refractivity contribution in [2.75, 3.05) is 40.4 Å². The number of carbonyl (C=O) groups is 2. The van der Waals surface area contributed by atoms with E-state index in [1.807, 2.05) is 43.3 Å². The lowest BCUT2D eigenvalue weighted by Gasteiger charge is -2.26. The van der Waals surface area contributed by atoms with Crippen LogP contribution in [0.5, 0.6) is 11.5 Å². The van der Waals surface area contributed by atoms with Crippen LogP contribution in [0.25, 0.3) is 5.76 Å². The number of fused-ring (bicyclic) bond motifs is 1. The molecule has 0 saturated carbocycles. The highest BCUT2D eigenvalue weighted by molar-refractivity contribution is 6.46. The van der Waals surface area contributed by atoms with Gasteiger partial charge in [0.25, 0.3) is 11.7 Å². The van der Waals surface area contributed by atoms with Crippen molar-refractivity contribution in [1.29, 1.82) is 0 Å². The number of likely N-dealkylation sites (tertiary alicyclic amines) is 1. The Bertz CT molecular complexity index is 1100. The Morgan fingerprint density at radius 3 is 2.38 bits per heavy atom. The molecule has 2 aliphatic rings. The Morgan fingerprint density at radius 2 is 1.74 bits per heavy atom. The third-order valence-electron chi connectivity index (χ3n) is 6.28. The summed E-state index contributed by atoms with van der Waals surface area (Å²) < 4.78 is 11.2. The predicted octanol–water partition coefficient (Wildman–Crippen LogP) is 3.95. The fourth-order valence-electron chi connectivity index (χ4n) is 4.42. The topological polar surface area (TPSA) is 79.3 Å². The second kappa shape index (κ2) is 9.89. The molecular weight excluding hydrogens is 432 g/mol. The maximum absolute atomic E-state index is 13.2. The third-order valence-corrected chi connectivity index (χ3v) is 6.28. The van der Waals surface area contributed by atoms with Crippen molar-refractivity contribution in [2.45, 2.75) is 32.2 Å². The Morgan fingerprint density at radius 1 is 1.06 bits per heavy atom. The molecule has 2 aromatic rings. The van der Waals surface area contributed by atoms with Crippen LogP contribution in [0.4, 0.5) is 0 Å². The highest BCUT2D eigenvalue weighted by Crippen LogP contribution is 2.41. The molecular formula is C27H32N2O5. The quantitative estimate of drug-likeness (QED) is 0.380. The number of aliphatic hydroxyl groups is 1. The normalized spacial score (nSPS) is 19.4. The van der Waals surface area contributed by atoms with Crippen LogP contribution in [-0.2, 0) is 9.59 Å². The van der Waals surface area contributed by atoms with E-state index in [-0.39, 0.29) is 11.3 Å². The second-order valence-corrected chi connectivity index (χ2v) is 9.33. The first-order valence-electron chi connectivity index (χ1n) is 11.7. The fourth-order valence-corrected chi connectivity index (χ4v) is 4.42. The first kappa shape index (κ1) is 23.8. The van der Waals surface area contributed by atoms with Crippen molar-refractivity contribution in [1.82, 2.24) is 9.80 Å². The zero-order chi connectivity index (χ0) is 24.4. The van der Waals surface area contributed by atoms with Crippen molar-refractivity contribution in [2.24, 2.45) is 0 Å². The third kappa shape index (κ3) is 4.66. The second-order valence-electron chi connectivity index (χ2n) is 9.33. The number of aliphatic hydroxyl groups excluding tert-OH is 1. The van der Waals surface area contributed by atoms with Gasteiger partial charge in [-0.2, -0.15) is 0 Å². The number of hydrogen-bond donors (Lipinski definition) is 1. The Balaban J connectivity index is 1.78. The number of carbonyl (C=O) groups excluding carboxylic acids is 2. The van der Waals surface area contributed by atoms with Gasteiger partial charge in [-0.15, -0.1) is 0 Å². The molecule has 7 heteroatoms. The van der Waals surface area contributed by atoms with E-state index >= 15 is 0 Å². The van der Waals surface area contributed by atoms with E-state index in [0.717, 1.165) is 12.1 Å². The van der Waals surface area contributed by atoms with Crippen LogP contribution in [0.1, 0.15) is 48.9 Å². The standard InChI is InChI=1S/C27H32N2O5/c1-17(2)18-6-8-19(9-7-18)24-23(26(31)27(32)29(24)13-5-12-28(3)4)25(30)20-10-11-21-22(16-20)34-15-14-33-21/h6-11,16-17,24,30H,5,12-15H2,1-4H3/t24-/m0/s1. The Labute approximate surface area is 200 Å². The number of ether oxygens (including phenoxy) is 2. The molecule has 0 aromatic heterocycles. The summed E-state index contributed by atoms with van der Waals surface area (Å²) in [7, 11) is 3.94. The van der Waals surface area contributed by atoms with Gasteiger partial charge in [0.15, 0.2) is 11.5 Å². The van der Waals surface area contributed by atoms with Crippen LogP contribution in [0.2, 0.25) is 0 Å². The van der Waals surface area contributed by atoms with E-state index in [1.165, 1.54) is 5.56 Å². The summed E-state index contributed by atoms with van der Waals surface area (Å²) in [4.78, 5) is 29.9. The molecule has 2 aromatic carbocycles. The van der Waals surface area contributed by atoms with Crippen molar-refractivity contribution < 1.29 is 24.2 Å². The average Bonchev–Trinajstić information content (AvgIpc) is 3.08. The van der Waals surface area contributed by atoms with Gasteiger partial charge in [-0.1, -0.05) is 38.1 Å². The van der Waals surface area contributed by atoms with Crippen LogP contribution in [0.3, 0.4) is 0 Å². The highest BCUT2D eigenvalue weighted by atomic mass is 16.6. The molecule has 4 rings (SSSR count). The van der Waals surface area contributed by atoms with Gasteiger partial charge in [0, 0.05) is 12.1 Å². The van der Waals surface area contributed by atoms with Gasteiger partial charge in [0.2, 0.25) is 0 Å². The molecule has 180 valence electrons. The lowest BCUT2D eigenvalue weighted by Crippen LogP contribution is -2.32. The van der Waals surface area contributed by atoms with E-state index in [1.54, 1.807) is 23.1 Å². The van der Waals surface area contributed by atoms with Gasteiger partial charge >= 0.3 is 0 Å². The van der Waals surface area contributed by atoms with Crippen LogP contribution >= 0.6 is 0 Å². The minimum Gasteiger partial charge on any atom is -0.507 e. The van der Waals surface area contributed by atoms with Gasteiger partial charge in [-0.05, 0) is 62.3 Å². The number of nitrogens with zero attached hydrogens (tertiary/aromatic N) is 2. The zero-order valence-electron chi connectivity index (χ0n) is 20.2. The average molecular weight is 465 g/mol. The van der Waals surface area contributed by atoms with Crippen LogP contribution in [0.15, 0.2) is 48.0 Å². The molecule has 2 heterocycles. The van der Waals surface area contributed by atoms with Gasteiger partial charge in [0.05, 0.1) is 11.6 Å². The number of hydrogen-bond acceptors (Lipinski definition) is 6. The minimum absolute atomic E-state index is 0.101. The lowest BCUT2D eigenvalue weighted by molar-refractivity contribution is -0.139. The SMILES string of the molecule is CC(C)c1ccc([C@H]2C(=C(O)c3ccc4c(c3)OCCO4)C(=O)C(=O)N2CCCN(C)C)cc1. The van der Waals surface area contributed by atoms with Crippen molar-refractivity contribution in [3.05, 3.63) is 64.7 Å². The summed E-state index contributed by atoms with van der Waals surface area (Å²) in [6.45, 7) is 6.30. The van der Waals surface area contributed by atoms with E-state index in [4.69, 9.17) is 9.47 Å². The molecule has 1 saturated heterocycles. The number of rotatable bonds is 7. The van der Waals surface area contributed by atoms with Gasteiger partial charge in [-0.3, -0.25) is 9.59 Å². The van der Waals surface area contributed by atoms with Crippen molar-refractivity contribution >= 4 is 17.4 Å². The summed E-state index contributed by atoms with van der Waals surface area (Å²) in [5.41, 5.74) is 2.48. The monoisotopic (exact) mass is 464 g/mol. The van der Waals surface area contributed by atoms with E-state index in [0.29, 0.717) is 49.2 Å². The largest absolute Gasteiger partial charge is 0.507 e. The first-order valence-corrected chi connectivity index (χ1v) is 11.7. The minimum atomic E-state index is -0.671. The van der Waals surface area contributed by atoms with E-state index < -0.39 is 17.7 Å². The fraction of sp³-hybridized carbons (Fsp3) is 0.407. The molecule has 0 spiro atoms. The molecule has 0 aliphatic carbocycles. The van der Waals surface area contributed by atoms with Crippen LogP contribution in [-0.4, -0.2) is 67.0 Å². The van der Waals surface area contributed by atoms with E-state index in [2.05, 4.69) is 13.8 Å². The molecule has 7 nitrogen and oxygen atoms in total. The summed E-state index contributed by atoms with van der Waals surface area (Å²) in [6, 6.07) is 12.3. The molecule has 0 bridgehead atoms. The molecule has 0 radical (unpaired) electrons. The summed E-state index contributed by atoms with van der Waals surface area (Å²) in [5, 5.41) is 11.3. The van der Waals surface area contributed by atoms with Crippen molar-refractivity contribution in [3.8, 4) is 11.5 Å². The maximum Gasteiger partial charge on any atom is 0.295 e. The maximum atomic E-state index is 13.2. The smallest absolute Gasteiger partial charge is 0.295 e. The molecule has 1 amide bonds. The molecule has 1 atom stereocenters. The van der Waals surface area contributed by atoms with Crippen LogP contribution in [0, 0.1) is 0 Å². The van der Waals surface area contributed by atoms with E-state index in [9.17, 15) is 14.7 Å². The molecule has 0 unspecified atom stereocenters. The van der Waals surface area contributed by atoms with Crippen molar-refractivity contribution in [3.63, 3.8) is 0 Å². The number of benzene rings is 2. The van der Waals surface area contributed by atoms with Gasteiger partial charge in [-0.25, -0.2) is 0 Å². The molecule has 34 heavy (non-hydrogen) atoms. The highest BCUT2D eigenvalue weighted by Gasteiger charge is 2.45. The summed E-state index contributed by atoms with van der Waals surface area (Å²) >= 11 is 0. The predicted molar refractivity (Wildman–Crippen MR) is 130 cm³/mol. The summed E-state index contributed by atoms with van der Waals surface area (Å²) in [6.07, 6.45) is 0.713. The Kier molecular flexibility index (Phi) is 6.93. The lowest BCUT2D eigenvalue weighted by atomic mass is 9.93. The number of amides is 1. The number of ketones is 1. The number of Topliss-reactive ketones (excluding diaryl/α,β-unsaturated/α-hetero) is 1. The zero-order valence-corrected chi connectivity index (χ0v) is 20.2. The molecule has 2 aliphatic heterocycles. The van der Waals surface area contributed by atoms with Gasteiger partial charge in [0.1, 0.15) is 19.0 Å². The molecule has 1 N–H and O–H groups in total. The van der Waals surface area contributed by atoms with Gasteiger partial charge < -0.3 is 24.4 Å². The van der Waals surface area contributed by atoms with Crippen LogP contribution < -0.4 is 9.47 Å². The molecule has 1 fully saturated rings. The first-order chi connectivity index (χ1) is 16.3. The summed E-state index contributed by atoms with van der Waals surface area (Å²) in [5.74, 6) is -0.00587.